The fourth-order valence-corrected chi connectivity index (χ4v) is 3.40. The lowest BCUT2D eigenvalue weighted by molar-refractivity contribution is 0.414. The van der Waals surface area contributed by atoms with Crippen LogP contribution in [0, 0.1) is 0 Å². The molecule has 0 aliphatic carbocycles. The molecule has 0 aliphatic heterocycles. The second kappa shape index (κ2) is 6.66. The van der Waals surface area contributed by atoms with E-state index in [9.17, 15) is 13.2 Å². The Morgan fingerprint density at radius 1 is 1.12 bits per heavy atom. The van der Waals surface area contributed by atoms with E-state index < -0.39 is 10.0 Å². The number of benzene rings is 2. The van der Waals surface area contributed by atoms with Gasteiger partial charge in [0.1, 0.15) is 11.6 Å². The Hall–Kier alpha value is -2.71. The molecule has 0 aliphatic rings. The minimum absolute atomic E-state index is 0.0923. The molecule has 3 rings (SSSR count). The average Bonchev–Trinajstić information content (AvgIpc) is 2.63. The third-order valence-electron chi connectivity index (χ3n) is 3.87. The van der Waals surface area contributed by atoms with Crippen LogP contribution in [0.1, 0.15) is 5.82 Å². The monoisotopic (exact) mass is 359 g/mol. The Morgan fingerprint density at radius 2 is 1.80 bits per heavy atom. The van der Waals surface area contributed by atoms with Crippen molar-refractivity contribution in [3.8, 4) is 5.75 Å². The van der Waals surface area contributed by atoms with Crippen LogP contribution in [0.15, 0.2) is 58.2 Å². The van der Waals surface area contributed by atoms with Crippen LogP contribution in [0.3, 0.4) is 0 Å². The first-order valence-corrected chi connectivity index (χ1v) is 8.99. The Labute approximate surface area is 144 Å². The van der Waals surface area contributed by atoms with Gasteiger partial charge in [0.25, 0.3) is 5.56 Å². The van der Waals surface area contributed by atoms with Gasteiger partial charge in [0.2, 0.25) is 10.0 Å². The van der Waals surface area contributed by atoms with Crippen LogP contribution in [0.4, 0.5) is 0 Å². The maximum Gasteiger partial charge on any atom is 0.261 e. The van der Waals surface area contributed by atoms with Crippen LogP contribution in [0.2, 0.25) is 0 Å². The van der Waals surface area contributed by atoms with E-state index in [1.807, 2.05) is 0 Å². The molecule has 0 fully saturated rings. The lowest BCUT2D eigenvalue weighted by Gasteiger charge is -2.11. The molecule has 0 bridgehead atoms. The summed E-state index contributed by atoms with van der Waals surface area (Å²) in [4.78, 5) is 16.8. The molecule has 0 spiro atoms. The summed E-state index contributed by atoms with van der Waals surface area (Å²) >= 11 is 0. The fourth-order valence-electron chi connectivity index (χ4n) is 2.42. The molecular formula is C17H17N3O4S. The van der Waals surface area contributed by atoms with Crippen molar-refractivity contribution in [2.24, 2.45) is 7.05 Å². The summed E-state index contributed by atoms with van der Waals surface area (Å²) in [6.07, 6.45) is 0. The number of fused-ring (bicyclic) bond motifs is 1. The highest BCUT2D eigenvalue weighted by Crippen LogP contribution is 2.15. The zero-order valence-corrected chi connectivity index (χ0v) is 14.6. The van der Waals surface area contributed by atoms with Gasteiger partial charge in [-0.2, -0.15) is 0 Å². The van der Waals surface area contributed by atoms with Crippen molar-refractivity contribution < 1.29 is 13.2 Å². The van der Waals surface area contributed by atoms with Crippen LogP contribution in [0.5, 0.6) is 5.75 Å². The van der Waals surface area contributed by atoms with Crippen molar-refractivity contribution in [1.29, 1.82) is 0 Å². The van der Waals surface area contributed by atoms with Crippen molar-refractivity contribution in [2.75, 3.05) is 7.11 Å². The van der Waals surface area contributed by atoms with Gasteiger partial charge < -0.3 is 4.74 Å². The predicted octanol–water partition coefficient (Wildman–Crippen LogP) is 1.42. The van der Waals surface area contributed by atoms with E-state index >= 15 is 0 Å². The molecule has 0 amide bonds. The molecule has 8 heteroatoms. The summed E-state index contributed by atoms with van der Waals surface area (Å²) in [5, 5.41) is 0.492. The molecule has 1 aromatic heterocycles. The van der Waals surface area contributed by atoms with E-state index in [0.717, 1.165) is 0 Å². The number of aromatic nitrogens is 2. The number of hydrogen-bond donors (Lipinski definition) is 1. The Morgan fingerprint density at radius 3 is 2.48 bits per heavy atom. The second-order valence-electron chi connectivity index (χ2n) is 5.41. The summed E-state index contributed by atoms with van der Waals surface area (Å²) in [5.41, 5.74) is 0.313. The molecule has 25 heavy (non-hydrogen) atoms. The highest BCUT2D eigenvalue weighted by molar-refractivity contribution is 7.89. The highest BCUT2D eigenvalue weighted by atomic mass is 32.2. The molecule has 0 atom stereocenters. The lowest BCUT2D eigenvalue weighted by atomic mass is 10.2. The minimum atomic E-state index is -3.73. The second-order valence-corrected chi connectivity index (χ2v) is 7.18. The Kier molecular flexibility index (Phi) is 4.56. The van der Waals surface area contributed by atoms with Crippen LogP contribution in [-0.4, -0.2) is 25.1 Å². The number of methoxy groups -OCH3 is 1. The maximum atomic E-state index is 12.4. The molecule has 1 heterocycles. The van der Waals surface area contributed by atoms with E-state index in [1.165, 1.54) is 23.8 Å². The number of rotatable bonds is 5. The molecular weight excluding hydrogens is 342 g/mol. The molecule has 2 aromatic carbocycles. The number of sulfonamides is 1. The van der Waals surface area contributed by atoms with Gasteiger partial charge in [-0.05, 0) is 36.4 Å². The topological polar surface area (TPSA) is 90.3 Å². The zero-order chi connectivity index (χ0) is 18.0. The van der Waals surface area contributed by atoms with Crippen molar-refractivity contribution >= 4 is 20.9 Å². The predicted molar refractivity (Wildman–Crippen MR) is 94.0 cm³/mol. The molecule has 1 N–H and O–H groups in total. The molecule has 0 saturated heterocycles. The van der Waals surface area contributed by atoms with Crippen LogP contribution in [0.25, 0.3) is 10.9 Å². The summed E-state index contributed by atoms with van der Waals surface area (Å²) < 4.78 is 33.6. The summed E-state index contributed by atoms with van der Waals surface area (Å²) in [6, 6.07) is 13.0. The van der Waals surface area contributed by atoms with Gasteiger partial charge in [0.15, 0.2) is 0 Å². The van der Waals surface area contributed by atoms with Gasteiger partial charge in [-0.1, -0.05) is 12.1 Å². The zero-order valence-electron chi connectivity index (χ0n) is 13.8. The van der Waals surface area contributed by atoms with E-state index in [1.54, 1.807) is 43.4 Å². The first-order chi connectivity index (χ1) is 11.9. The van der Waals surface area contributed by atoms with Crippen molar-refractivity contribution in [3.05, 3.63) is 64.7 Å². The van der Waals surface area contributed by atoms with E-state index in [-0.39, 0.29) is 17.0 Å². The van der Waals surface area contributed by atoms with Gasteiger partial charge >= 0.3 is 0 Å². The SMILES string of the molecule is COc1ccc(S(=O)(=O)NCc2nc3ccccc3c(=O)n2C)cc1. The normalized spacial score (nSPS) is 11.6. The number of nitrogens with zero attached hydrogens (tertiary/aromatic N) is 2. The van der Waals surface area contributed by atoms with E-state index in [0.29, 0.717) is 22.5 Å². The largest absolute Gasteiger partial charge is 0.497 e. The maximum absolute atomic E-state index is 12.4. The summed E-state index contributed by atoms with van der Waals surface area (Å²) in [6.45, 7) is -0.0923. The molecule has 130 valence electrons. The number of hydrogen-bond acceptors (Lipinski definition) is 5. The third kappa shape index (κ3) is 3.40. The van der Waals surface area contributed by atoms with E-state index in [4.69, 9.17) is 4.74 Å². The standard InChI is InChI=1S/C17H17N3O4S/c1-20-16(19-15-6-4-3-5-14(15)17(20)21)11-18-25(22,23)13-9-7-12(24-2)8-10-13/h3-10,18H,11H2,1-2H3. The first kappa shape index (κ1) is 17.1. The number of ether oxygens (including phenoxy) is 1. The third-order valence-corrected chi connectivity index (χ3v) is 5.28. The van der Waals surface area contributed by atoms with Gasteiger partial charge in [-0.25, -0.2) is 18.1 Å². The van der Waals surface area contributed by atoms with Gasteiger partial charge in [-0.15, -0.1) is 0 Å². The quantitative estimate of drug-likeness (QED) is 0.744. The highest BCUT2D eigenvalue weighted by Gasteiger charge is 2.16. The van der Waals surface area contributed by atoms with Crippen LogP contribution >= 0.6 is 0 Å². The smallest absolute Gasteiger partial charge is 0.261 e. The van der Waals surface area contributed by atoms with Crippen molar-refractivity contribution in [3.63, 3.8) is 0 Å². The van der Waals surface area contributed by atoms with E-state index in [2.05, 4.69) is 9.71 Å². The molecule has 0 unspecified atom stereocenters. The molecule has 0 saturated carbocycles. The first-order valence-electron chi connectivity index (χ1n) is 7.51. The van der Waals surface area contributed by atoms with Crippen molar-refractivity contribution in [2.45, 2.75) is 11.4 Å². The van der Waals surface area contributed by atoms with Gasteiger partial charge in [-0.3, -0.25) is 9.36 Å². The molecule has 3 aromatic rings. The van der Waals surface area contributed by atoms with Crippen molar-refractivity contribution in [1.82, 2.24) is 14.3 Å². The fraction of sp³-hybridized carbons (Fsp3) is 0.176. The summed E-state index contributed by atoms with van der Waals surface area (Å²) in [5.74, 6) is 0.901. The average molecular weight is 359 g/mol. The Balaban J connectivity index is 1.88. The van der Waals surface area contributed by atoms with Crippen LogP contribution in [-0.2, 0) is 23.6 Å². The van der Waals surface area contributed by atoms with Gasteiger partial charge in [0.05, 0.1) is 29.5 Å². The molecule has 7 nitrogen and oxygen atoms in total. The minimum Gasteiger partial charge on any atom is -0.497 e. The number of nitrogens with one attached hydrogen (secondary N) is 1. The van der Waals surface area contributed by atoms with Gasteiger partial charge in [0, 0.05) is 7.05 Å². The lowest BCUT2D eigenvalue weighted by Crippen LogP contribution is -2.29. The molecule has 0 radical (unpaired) electrons. The summed E-state index contributed by atoms with van der Waals surface area (Å²) in [7, 11) is -0.651. The Bertz CT molecular complexity index is 1070. The van der Waals surface area contributed by atoms with Crippen LogP contribution < -0.4 is 15.0 Å². The number of para-hydroxylation sites is 1.